The molecule has 0 aliphatic rings. The largest absolute Gasteiger partial charge is 0.493 e. The van der Waals surface area contributed by atoms with Crippen LogP contribution in [-0.4, -0.2) is 13.7 Å². The van der Waals surface area contributed by atoms with Gasteiger partial charge in [-0.1, -0.05) is 53.5 Å². The van der Waals surface area contributed by atoms with E-state index in [4.69, 9.17) is 32.7 Å². The van der Waals surface area contributed by atoms with Crippen LogP contribution in [0, 0.1) is 0 Å². The van der Waals surface area contributed by atoms with Crippen LogP contribution in [0.5, 0.6) is 11.5 Å². The predicted octanol–water partition coefficient (Wildman–Crippen LogP) is 5.91. The Balaban J connectivity index is 1.51. The summed E-state index contributed by atoms with van der Waals surface area (Å²) in [5.41, 5.74) is 3.42. The fourth-order valence-corrected chi connectivity index (χ4v) is 3.18. The molecule has 0 aromatic heterocycles. The van der Waals surface area contributed by atoms with E-state index < -0.39 is 0 Å². The number of hydrogen-bond donors (Lipinski definition) is 1. The summed E-state index contributed by atoms with van der Waals surface area (Å²) in [5, 5.41) is 4.92. The molecule has 0 aliphatic carbocycles. The average molecular weight is 416 g/mol. The lowest BCUT2D eigenvalue weighted by atomic mass is 10.1. The van der Waals surface area contributed by atoms with Gasteiger partial charge in [0.25, 0.3) is 0 Å². The van der Waals surface area contributed by atoms with Crippen LogP contribution in [0.25, 0.3) is 0 Å². The van der Waals surface area contributed by atoms with Gasteiger partial charge in [-0.05, 0) is 66.1 Å². The van der Waals surface area contributed by atoms with E-state index in [0.29, 0.717) is 17.4 Å². The lowest BCUT2D eigenvalue weighted by molar-refractivity contribution is 0.284. The molecule has 3 rings (SSSR count). The number of methoxy groups -OCH3 is 1. The lowest BCUT2D eigenvalue weighted by Crippen LogP contribution is -2.16. The minimum Gasteiger partial charge on any atom is -0.493 e. The van der Waals surface area contributed by atoms with E-state index in [0.717, 1.165) is 41.4 Å². The number of hydrogen-bond acceptors (Lipinski definition) is 3. The Kier molecular flexibility index (Phi) is 7.61. The van der Waals surface area contributed by atoms with Crippen molar-refractivity contribution in [3.05, 3.63) is 93.5 Å². The third kappa shape index (κ3) is 6.16. The molecule has 3 nitrogen and oxygen atoms in total. The summed E-state index contributed by atoms with van der Waals surface area (Å²) >= 11 is 11.9. The van der Waals surface area contributed by atoms with Crippen molar-refractivity contribution >= 4 is 23.2 Å². The summed E-state index contributed by atoms with van der Waals surface area (Å²) in [6, 6.07) is 21.6. The first-order valence-electron chi connectivity index (χ1n) is 9.13. The molecule has 0 heterocycles. The van der Waals surface area contributed by atoms with Gasteiger partial charge in [0.05, 0.1) is 7.11 Å². The van der Waals surface area contributed by atoms with Crippen molar-refractivity contribution in [2.75, 3.05) is 13.7 Å². The van der Waals surface area contributed by atoms with Crippen LogP contribution in [0.3, 0.4) is 0 Å². The van der Waals surface area contributed by atoms with E-state index >= 15 is 0 Å². The molecule has 0 radical (unpaired) electrons. The molecular formula is C23H23Cl2NO2. The van der Waals surface area contributed by atoms with Gasteiger partial charge in [0.15, 0.2) is 11.5 Å². The summed E-state index contributed by atoms with van der Waals surface area (Å²) in [7, 11) is 1.65. The number of nitrogens with one attached hydrogen (secondary N) is 1. The summed E-state index contributed by atoms with van der Waals surface area (Å²) in [4.78, 5) is 0. The Labute approximate surface area is 176 Å². The summed E-state index contributed by atoms with van der Waals surface area (Å²) < 4.78 is 11.4. The maximum Gasteiger partial charge on any atom is 0.161 e. The second-order valence-electron chi connectivity index (χ2n) is 6.46. The summed E-state index contributed by atoms with van der Waals surface area (Å²) in [6.45, 7) is 2.09. The maximum atomic E-state index is 6.02. The maximum absolute atomic E-state index is 6.02. The van der Waals surface area contributed by atoms with Crippen molar-refractivity contribution in [3.8, 4) is 11.5 Å². The summed E-state index contributed by atoms with van der Waals surface area (Å²) in [5.74, 6) is 1.44. The highest BCUT2D eigenvalue weighted by Crippen LogP contribution is 2.29. The Morgan fingerprint density at radius 3 is 2.32 bits per heavy atom. The molecule has 0 fully saturated rings. The zero-order valence-corrected chi connectivity index (χ0v) is 17.3. The Morgan fingerprint density at radius 1 is 0.786 bits per heavy atom. The molecular weight excluding hydrogens is 393 g/mol. The molecule has 0 aliphatic heterocycles. The second-order valence-corrected chi connectivity index (χ2v) is 7.33. The van der Waals surface area contributed by atoms with Crippen molar-refractivity contribution in [3.63, 3.8) is 0 Å². The van der Waals surface area contributed by atoms with E-state index in [1.807, 2.05) is 54.6 Å². The minimum atomic E-state index is 0.440. The highest BCUT2D eigenvalue weighted by atomic mass is 35.5. The lowest BCUT2D eigenvalue weighted by Gasteiger charge is -2.13. The van der Waals surface area contributed by atoms with Crippen LogP contribution in [0.4, 0.5) is 0 Å². The molecule has 28 heavy (non-hydrogen) atoms. The Bertz CT molecular complexity index is 897. The van der Waals surface area contributed by atoms with Crippen LogP contribution in [0.15, 0.2) is 66.7 Å². The molecule has 0 atom stereocenters. The molecule has 5 heteroatoms. The molecule has 146 valence electrons. The fraction of sp³-hybridized carbons (Fsp3) is 0.217. The van der Waals surface area contributed by atoms with Crippen molar-refractivity contribution in [2.24, 2.45) is 0 Å². The topological polar surface area (TPSA) is 30.5 Å². The molecule has 0 saturated carbocycles. The number of benzene rings is 3. The van der Waals surface area contributed by atoms with Gasteiger partial charge in [-0.3, -0.25) is 0 Å². The normalized spacial score (nSPS) is 10.7. The molecule has 0 spiro atoms. The third-order valence-electron chi connectivity index (χ3n) is 4.34. The average Bonchev–Trinajstić information content (AvgIpc) is 2.71. The Hall–Kier alpha value is -2.20. The van der Waals surface area contributed by atoms with Crippen LogP contribution in [0.2, 0.25) is 10.0 Å². The first kappa shape index (κ1) is 20.5. The van der Waals surface area contributed by atoms with E-state index in [1.165, 1.54) is 5.56 Å². The van der Waals surface area contributed by atoms with E-state index in [-0.39, 0.29) is 0 Å². The highest BCUT2D eigenvalue weighted by molar-refractivity contribution is 6.30. The smallest absolute Gasteiger partial charge is 0.161 e. The molecule has 0 bridgehead atoms. The molecule has 3 aromatic rings. The van der Waals surface area contributed by atoms with Gasteiger partial charge in [-0.15, -0.1) is 0 Å². The van der Waals surface area contributed by atoms with Crippen LogP contribution in [-0.2, 0) is 19.6 Å². The number of ether oxygens (including phenoxy) is 2. The van der Waals surface area contributed by atoms with Crippen LogP contribution < -0.4 is 14.8 Å². The van der Waals surface area contributed by atoms with Crippen LogP contribution in [0.1, 0.15) is 16.7 Å². The number of halogens is 2. The van der Waals surface area contributed by atoms with E-state index in [9.17, 15) is 0 Å². The van der Waals surface area contributed by atoms with Crippen LogP contribution >= 0.6 is 23.2 Å². The molecule has 0 saturated heterocycles. The Morgan fingerprint density at radius 2 is 1.57 bits per heavy atom. The van der Waals surface area contributed by atoms with E-state index in [2.05, 4.69) is 17.4 Å². The van der Waals surface area contributed by atoms with Crippen molar-refractivity contribution < 1.29 is 9.47 Å². The molecule has 1 N–H and O–H groups in total. The summed E-state index contributed by atoms with van der Waals surface area (Å²) in [6.07, 6.45) is 0.954. The van der Waals surface area contributed by atoms with Gasteiger partial charge >= 0.3 is 0 Å². The number of rotatable bonds is 9. The standard InChI is InChI=1S/C23H23Cl2NO2/c1-27-23-14-18(15-26-12-11-17-5-8-20(24)9-6-17)7-10-22(23)28-16-19-3-2-4-21(25)13-19/h2-10,13-14,26H,11-12,15-16H2,1H3. The monoisotopic (exact) mass is 415 g/mol. The zero-order chi connectivity index (χ0) is 19.8. The van der Waals surface area contributed by atoms with Crippen molar-refractivity contribution in [1.82, 2.24) is 5.32 Å². The predicted molar refractivity (Wildman–Crippen MR) is 116 cm³/mol. The fourth-order valence-electron chi connectivity index (χ4n) is 2.85. The zero-order valence-electron chi connectivity index (χ0n) is 15.8. The van der Waals surface area contributed by atoms with Crippen molar-refractivity contribution in [1.29, 1.82) is 0 Å². The molecule has 0 unspecified atom stereocenters. The van der Waals surface area contributed by atoms with E-state index in [1.54, 1.807) is 7.11 Å². The van der Waals surface area contributed by atoms with Gasteiger partial charge in [0.2, 0.25) is 0 Å². The van der Waals surface area contributed by atoms with Gasteiger partial charge in [0, 0.05) is 16.6 Å². The minimum absolute atomic E-state index is 0.440. The van der Waals surface area contributed by atoms with Gasteiger partial charge in [-0.25, -0.2) is 0 Å². The van der Waals surface area contributed by atoms with Gasteiger partial charge in [-0.2, -0.15) is 0 Å². The third-order valence-corrected chi connectivity index (χ3v) is 4.83. The SMILES string of the molecule is COc1cc(CNCCc2ccc(Cl)cc2)ccc1OCc1cccc(Cl)c1. The van der Waals surface area contributed by atoms with Crippen molar-refractivity contribution in [2.45, 2.75) is 19.6 Å². The second kappa shape index (κ2) is 10.4. The first-order valence-corrected chi connectivity index (χ1v) is 9.89. The molecule has 3 aromatic carbocycles. The van der Waals surface area contributed by atoms with Gasteiger partial charge in [0.1, 0.15) is 6.61 Å². The molecule has 0 amide bonds. The first-order chi connectivity index (χ1) is 13.6. The van der Waals surface area contributed by atoms with Gasteiger partial charge < -0.3 is 14.8 Å². The quantitative estimate of drug-likeness (QED) is 0.440. The highest BCUT2D eigenvalue weighted by Gasteiger charge is 2.07.